The summed E-state index contributed by atoms with van der Waals surface area (Å²) in [6, 6.07) is 8.47. The monoisotopic (exact) mass is 282 g/mol. The zero-order valence-electron chi connectivity index (χ0n) is 9.58. The topological polar surface area (TPSA) is 41.1 Å². The number of benzene rings is 2. The first-order chi connectivity index (χ1) is 9.04. The highest BCUT2D eigenvalue weighted by Gasteiger charge is 2.07. The predicted molar refractivity (Wildman–Crippen MR) is 70.5 cm³/mol. The highest BCUT2D eigenvalue weighted by molar-refractivity contribution is 6.30. The second kappa shape index (κ2) is 5.67. The van der Waals surface area contributed by atoms with E-state index >= 15 is 0 Å². The molecule has 0 aliphatic heterocycles. The Morgan fingerprint density at radius 1 is 1.00 bits per heavy atom. The molecule has 98 valence electrons. The molecular formula is C13H9ClF2N2O. The minimum Gasteiger partial charge on any atom is -0.308 e. The van der Waals surface area contributed by atoms with Crippen molar-refractivity contribution in [3.63, 3.8) is 0 Å². The Bertz CT molecular complexity index is 602. The molecule has 2 N–H and O–H groups in total. The van der Waals surface area contributed by atoms with Crippen molar-refractivity contribution in [2.75, 3.05) is 10.6 Å². The van der Waals surface area contributed by atoms with E-state index in [4.69, 9.17) is 11.6 Å². The number of amides is 2. The molecule has 3 nitrogen and oxygen atoms in total. The van der Waals surface area contributed by atoms with E-state index < -0.39 is 17.7 Å². The molecule has 0 bridgehead atoms. The zero-order valence-corrected chi connectivity index (χ0v) is 10.3. The Morgan fingerprint density at radius 2 is 1.68 bits per heavy atom. The van der Waals surface area contributed by atoms with E-state index in [2.05, 4.69) is 10.6 Å². The molecule has 0 atom stereocenters. The number of urea groups is 1. The zero-order chi connectivity index (χ0) is 13.8. The molecule has 2 aromatic carbocycles. The second-order valence-corrected chi connectivity index (χ2v) is 4.15. The molecule has 6 heteroatoms. The first-order valence-corrected chi connectivity index (χ1v) is 5.71. The molecule has 2 amide bonds. The molecule has 0 unspecified atom stereocenters. The number of anilines is 2. The van der Waals surface area contributed by atoms with Crippen LogP contribution in [0.25, 0.3) is 0 Å². The summed E-state index contributed by atoms with van der Waals surface area (Å²) >= 11 is 5.59. The lowest BCUT2D eigenvalue weighted by atomic mass is 10.3. The number of rotatable bonds is 2. The van der Waals surface area contributed by atoms with Crippen molar-refractivity contribution in [3.8, 4) is 0 Å². The first kappa shape index (κ1) is 13.3. The first-order valence-electron chi connectivity index (χ1n) is 5.33. The van der Waals surface area contributed by atoms with Gasteiger partial charge >= 0.3 is 6.03 Å². The third kappa shape index (κ3) is 3.66. The third-order valence-electron chi connectivity index (χ3n) is 2.28. The van der Waals surface area contributed by atoms with Gasteiger partial charge in [-0.05, 0) is 42.5 Å². The molecule has 19 heavy (non-hydrogen) atoms. The van der Waals surface area contributed by atoms with E-state index in [1.807, 2.05) is 0 Å². The van der Waals surface area contributed by atoms with Gasteiger partial charge in [0.1, 0.15) is 11.6 Å². The van der Waals surface area contributed by atoms with Crippen LogP contribution < -0.4 is 10.6 Å². The Morgan fingerprint density at radius 3 is 2.32 bits per heavy atom. The van der Waals surface area contributed by atoms with Gasteiger partial charge in [0, 0.05) is 10.7 Å². The van der Waals surface area contributed by atoms with E-state index in [-0.39, 0.29) is 10.7 Å². The Hall–Kier alpha value is -2.14. The van der Waals surface area contributed by atoms with Gasteiger partial charge in [-0.1, -0.05) is 11.6 Å². The van der Waals surface area contributed by atoms with Crippen molar-refractivity contribution in [2.24, 2.45) is 0 Å². The van der Waals surface area contributed by atoms with E-state index in [1.165, 1.54) is 36.4 Å². The van der Waals surface area contributed by atoms with Crippen molar-refractivity contribution < 1.29 is 13.6 Å². The number of carbonyl (C=O) groups excluding carboxylic acids is 1. The second-order valence-electron chi connectivity index (χ2n) is 3.71. The van der Waals surface area contributed by atoms with Gasteiger partial charge in [0.05, 0.1) is 5.69 Å². The molecule has 0 aromatic heterocycles. The lowest BCUT2D eigenvalue weighted by Gasteiger charge is -2.08. The molecule has 0 saturated carbocycles. The van der Waals surface area contributed by atoms with Crippen LogP contribution in [0, 0.1) is 11.6 Å². The molecule has 0 saturated heterocycles. The lowest BCUT2D eigenvalue weighted by Crippen LogP contribution is -2.20. The number of hydrogen-bond donors (Lipinski definition) is 2. The van der Waals surface area contributed by atoms with E-state index in [0.29, 0.717) is 5.69 Å². The van der Waals surface area contributed by atoms with Gasteiger partial charge < -0.3 is 10.6 Å². The molecule has 0 fully saturated rings. The van der Waals surface area contributed by atoms with Crippen molar-refractivity contribution in [2.45, 2.75) is 0 Å². The van der Waals surface area contributed by atoms with Crippen LogP contribution in [-0.2, 0) is 0 Å². The average Bonchev–Trinajstić information content (AvgIpc) is 2.36. The quantitative estimate of drug-likeness (QED) is 0.849. The van der Waals surface area contributed by atoms with Crippen LogP contribution >= 0.6 is 11.6 Å². The number of nitrogens with one attached hydrogen (secondary N) is 2. The maximum atomic E-state index is 13.4. The summed E-state index contributed by atoms with van der Waals surface area (Å²) in [7, 11) is 0. The molecule has 0 spiro atoms. The molecular weight excluding hydrogens is 274 g/mol. The summed E-state index contributed by atoms with van der Waals surface area (Å²) in [5, 5.41) is 5.00. The van der Waals surface area contributed by atoms with Gasteiger partial charge in [0.2, 0.25) is 0 Å². The van der Waals surface area contributed by atoms with Gasteiger partial charge in [-0.15, -0.1) is 0 Å². The van der Waals surface area contributed by atoms with Crippen LogP contribution in [0.3, 0.4) is 0 Å². The normalized spacial score (nSPS) is 10.1. The average molecular weight is 283 g/mol. The largest absolute Gasteiger partial charge is 0.323 e. The van der Waals surface area contributed by atoms with Crippen LogP contribution in [0.5, 0.6) is 0 Å². The summed E-state index contributed by atoms with van der Waals surface area (Å²) in [4.78, 5) is 11.6. The number of halogens is 3. The van der Waals surface area contributed by atoms with Gasteiger partial charge in [-0.25, -0.2) is 13.6 Å². The molecule has 2 rings (SSSR count). The minimum absolute atomic E-state index is 0.00371. The lowest BCUT2D eigenvalue weighted by molar-refractivity contribution is 0.262. The van der Waals surface area contributed by atoms with E-state index in [0.717, 1.165) is 6.07 Å². The number of carbonyl (C=O) groups is 1. The Kier molecular flexibility index (Phi) is 3.97. The highest BCUT2D eigenvalue weighted by atomic mass is 35.5. The van der Waals surface area contributed by atoms with Crippen molar-refractivity contribution in [1.82, 2.24) is 0 Å². The van der Waals surface area contributed by atoms with E-state index in [9.17, 15) is 13.6 Å². The Balaban J connectivity index is 2.03. The minimum atomic E-state index is -0.637. The summed E-state index contributed by atoms with van der Waals surface area (Å²) in [6.07, 6.45) is 0. The molecule has 2 aromatic rings. The van der Waals surface area contributed by atoms with E-state index in [1.54, 1.807) is 0 Å². The molecule has 0 heterocycles. The fraction of sp³-hybridized carbons (Fsp3) is 0. The van der Waals surface area contributed by atoms with Crippen molar-refractivity contribution in [3.05, 3.63) is 59.1 Å². The van der Waals surface area contributed by atoms with Gasteiger partial charge in [0.15, 0.2) is 0 Å². The smallest absolute Gasteiger partial charge is 0.308 e. The highest BCUT2D eigenvalue weighted by Crippen LogP contribution is 2.19. The molecule has 0 radical (unpaired) electrons. The summed E-state index contributed by atoms with van der Waals surface area (Å²) in [6.45, 7) is 0. The van der Waals surface area contributed by atoms with Crippen molar-refractivity contribution >= 4 is 29.0 Å². The van der Waals surface area contributed by atoms with Crippen LogP contribution in [-0.4, -0.2) is 6.03 Å². The Labute approximate surface area is 113 Å². The summed E-state index contributed by atoms with van der Waals surface area (Å²) in [5.41, 5.74) is 0.400. The van der Waals surface area contributed by atoms with Crippen LogP contribution in [0.15, 0.2) is 42.5 Å². The molecule has 0 aliphatic rings. The number of hydrogen-bond acceptors (Lipinski definition) is 1. The van der Waals surface area contributed by atoms with Crippen LogP contribution in [0.1, 0.15) is 0 Å². The third-order valence-corrected chi connectivity index (χ3v) is 2.52. The standard InChI is InChI=1S/C13H9ClF2N2O/c14-8-1-6-12(11(16)7-8)18-13(19)17-10-4-2-9(15)3-5-10/h1-7H,(H2,17,18,19). The fourth-order valence-electron chi connectivity index (χ4n) is 1.41. The summed E-state index contributed by atoms with van der Waals surface area (Å²) < 4.78 is 26.1. The maximum Gasteiger partial charge on any atom is 0.323 e. The van der Waals surface area contributed by atoms with Gasteiger partial charge in [-0.3, -0.25) is 0 Å². The van der Waals surface area contributed by atoms with Gasteiger partial charge in [0.25, 0.3) is 0 Å². The molecule has 0 aliphatic carbocycles. The van der Waals surface area contributed by atoms with Crippen LogP contribution in [0.2, 0.25) is 5.02 Å². The van der Waals surface area contributed by atoms with Crippen LogP contribution in [0.4, 0.5) is 25.0 Å². The predicted octanol–water partition coefficient (Wildman–Crippen LogP) is 4.26. The summed E-state index contributed by atoms with van der Waals surface area (Å²) in [5.74, 6) is -1.04. The maximum absolute atomic E-state index is 13.4. The van der Waals surface area contributed by atoms with Crippen molar-refractivity contribution in [1.29, 1.82) is 0 Å². The van der Waals surface area contributed by atoms with Gasteiger partial charge in [-0.2, -0.15) is 0 Å². The SMILES string of the molecule is O=C(Nc1ccc(F)cc1)Nc1ccc(Cl)cc1F. The fourth-order valence-corrected chi connectivity index (χ4v) is 1.57.